The molecule has 2 aliphatic heterocycles. The van der Waals surface area contributed by atoms with Crippen LogP contribution < -0.4 is 0 Å². The summed E-state index contributed by atoms with van der Waals surface area (Å²) in [7, 11) is 1.62. The van der Waals surface area contributed by atoms with Crippen LogP contribution in [0.2, 0.25) is 10.0 Å². The predicted octanol–water partition coefficient (Wildman–Crippen LogP) is 4.20. The molecule has 2 unspecified atom stereocenters. The zero-order valence-electron chi connectivity index (χ0n) is 16.9. The van der Waals surface area contributed by atoms with Gasteiger partial charge in [0.05, 0.1) is 0 Å². The number of hydrogen-bond acceptors (Lipinski definition) is 4. The lowest BCUT2D eigenvalue weighted by Gasteiger charge is -2.39. The van der Waals surface area contributed by atoms with Crippen molar-refractivity contribution in [1.29, 1.82) is 0 Å². The van der Waals surface area contributed by atoms with E-state index in [1.165, 1.54) is 9.80 Å². The van der Waals surface area contributed by atoms with Gasteiger partial charge in [0, 0.05) is 35.8 Å². The molecule has 0 radical (unpaired) electrons. The average Bonchev–Trinajstić information content (AvgIpc) is 3.13. The van der Waals surface area contributed by atoms with Crippen molar-refractivity contribution in [1.82, 2.24) is 9.80 Å². The fourth-order valence-electron chi connectivity index (χ4n) is 4.04. The van der Waals surface area contributed by atoms with Crippen LogP contribution in [0.3, 0.4) is 0 Å². The Bertz CT molecular complexity index is 1040. The lowest BCUT2D eigenvalue weighted by Crippen LogP contribution is -2.60. The van der Waals surface area contributed by atoms with E-state index in [2.05, 4.69) is 0 Å². The number of rotatable bonds is 6. The molecule has 3 amide bonds. The van der Waals surface area contributed by atoms with Crippen LogP contribution in [-0.4, -0.2) is 53.3 Å². The molecule has 0 spiro atoms. The number of imide groups is 1. The third-order valence-corrected chi connectivity index (χ3v) is 6.06. The first-order chi connectivity index (χ1) is 14.9. The van der Waals surface area contributed by atoms with Crippen molar-refractivity contribution in [3.63, 3.8) is 0 Å². The molecule has 2 aromatic carbocycles. The lowest BCUT2D eigenvalue weighted by molar-refractivity contribution is -0.142. The Hall–Kier alpha value is -2.54. The molecule has 2 atom stereocenters. The topological polar surface area (TPSA) is 70.1 Å². The lowest BCUT2D eigenvalue weighted by atomic mass is 9.88. The van der Waals surface area contributed by atoms with Gasteiger partial charge in [-0.25, -0.2) is 4.79 Å². The summed E-state index contributed by atoms with van der Waals surface area (Å²) in [5.74, 6) is -0.405. The maximum absolute atomic E-state index is 13.4. The molecule has 4 rings (SSSR count). The van der Waals surface area contributed by atoms with Gasteiger partial charge in [-0.1, -0.05) is 47.5 Å². The smallest absolute Gasteiger partial charge is 0.329 e. The first-order valence-corrected chi connectivity index (χ1v) is 10.8. The molecule has 0 aliphatic carbocycles. The van der Waals surface area contributed by atoms with Gasteiger partial charge in [-0.3, -0.25) is 14.6 Å². The van der Waals surface area contributed by atoms with Crippen molar-refractivity contribution >= 4 is 40.9 Å². The number of urea groups is 1. The summed E-state index contributed by atoms with van der Waals surface area (Å²) in [6.45, 7) is 0.0506. The number of halogens is 2. The van der Waals surface area contributed by atoms with Crippen molar-refractivity contribution in [3.05, 3.63) is 75.3 Å². The highest BCUT2D eigenvalue weighted by Crippen LogP contribution is 2.43. The Morgan fingerprint density at radius 2 is 1.81 bits per heavy atom. The standard InChI is InChI=1S/C23H22Cl2N2O4/c1-26-22-19(21(29)27(23(26)30)10-3-11-28)18(12-14-6-8-16(24)9-7-14)20(31-22)15-4-2-5-17(25)13-15/h2,4-9,13,19,22,28H,3,10-12H2,1H3. The normalized spacial score (nSPS) is 20.9. The van der Waals surface area contributed by atoms with E-state index in [0.717, 1.165) is 16.7 Å². The van der Waals surface area contributed by atoms with Crippen LogP contribution >= 0.6 is 23.2 Å². The molecule has 0 aromatic heterocycles. The van der Waals surface area contributed by atoms with Gasteiger partial charge >= 0.3 is 6.03 Å². The maximum Gasteiger partial charge on any atom is 0.329 e. The number of carbonyl (C=O) groups is 2. The number of fused-ring (bicyclic) bond motifs is 1. The minimum Gasteiger partial charge on any atom is -0.469 e. The van der Waals surface area contributed by atoms with Gasteiger partial charge < -0.3 is 9.84 Å². The maximum atomic E-state index is 13.4. The van der Waals surface area contributed by atoms with Crippen LogP contribution in [0.25, 0.3) is 5.76 Å². The van der Waals surface area contributed by atoms with Crippen molar-refractivity contribution in [2.75, 3.05) is 20.2 Å². The second kappa shape index (κ2) is 8.91. The van der Waals surface area contributed by atoms with Gasteiger partial charge in [0.2, 0.25) is 5.91 Å². The van der Waals surface area contributed by atoms with E-state index < -0.39 is 18.2 Å². The number of carbonyl (C=O) groups excluding carboxylic acids is 2. The fraction of sp³-hybridized carbons (Fsp3) is 0.304. The summed E-state index contributed by atoms with van der Waals surface area (Å²) in [5, 5.41) is 10.4. The molecule has 1 N–H and O–H groups in total. The van der Waals surface area contributed by atoms with Crippen LogP contribution in [0.4, 0.5) is 4.79 Å². The molecule has 6 nitrogen and oxygen atoms in total. The van der Waals surface area contributed by atoms with Crippen LogP contribution in [0.15, 0.2) is 54.1 Å². The third-order valence-electron chi connectivity index (χ3n) is 5.57. The molecule has 2 aromatic rings. The molecule has 0 bridgehead atoms. The highest BCUT2D eigenvalue weighted by Gasteiger charge is 2.52. The zero-order chi connectivity index (χ0) is 22.1. The quantitative estimate of drug-likeness (QED) is 0.701. The molecule has 31 heavy (non-hydrogen) atoms. The first kappa shape index (κ1) is 21.7. The number of aliphatic hydroxyl groups excluding tert-OH is 1. The Balaban J connectivity index is 1.78. The molecule has 162 valence electrons. The van der Waals surface area contributed by atoms with Crippen LogP contribution in [-0.2, 0) is 16.0 Å². The molecule has 0 saturated carbocycles. The van der Waals surface area contributed by atoms with Gasteiger partial charge in [0.1, 0.15) is 11.7 Å². The minimum absolute atomic E-state index is 0.105. The Morgan fingerprint density at radius 3 is 2.48 bits per heavy atom. The monoisotopic (exact) mass is 460 g/mol. The summed E-state index contributed by atoms with van der Waals surface area (Å²) in [6.07, 6.45) is 0.0459. The van der Waals surface area contributed by atoms with E-state index >= 15 is 0 Å². The summed E-state index contributed by atoms with van der Waals surface area (Å²) in [5.41, 5.74) is 2.51. The number of hydrogen-bond donors (Lipinski definition) is 1. The van der Waals surface area contributed by atoms with Crippen LogP contribution in [0.5, 0.6) is 0 Å². The van der Waals surface area contributed by atoms with Crippen LogP contribution in [0, 0.1) is 5.92 Å². The van der Waals surface area contributed by atoms with Gasteiger partial charge in [0.15, 0.2) is 6.23 Å². The largest absolute Gasteiger partial charge is 0.469 e. The number of ether oxygens (including phenoxy) is 1. The van der Waals surface area contributed by atoms with Crippen molar-refractivity contribution in [2.45, 2.75) is 19.1 Å². The number of nitrogens with zero attached hydrogens (tertiary/aromatic N) is 2. The highest BCUT2D eigenvalue weighted by atomic mass is 35.5. The van der Waals surface area contributed by atoms with E-state index in [-0.39, 0.29) is 19.1 Å². The number of amides is 3. The molecule has 1 fully saturated rings. The van der Waals surface area contributed by atoms with Gasteiger partial charge in [-0.15, -0.1) is 0 Å². The predicted molar refractivity (Wildman–Crippen MR) is 118 cm³/mol. The SMILES string of the molecule is CN1C(=O)N(CCCO)C(=O)C2C(Cc3ccc(Cl)cc3)=C(c3cccc(Cl)c3)OC21. The fourth-order valence-corrected chi connectivity index (χ4v) is 4.36. The molecule has 2 aliphatic rings. The molecular weight excluding hydrogens is 439 g/mol. The Labute approximate surface area is 190 Å². The summed E-state index contributed by atoms with van der Waals surface area (Å²) < 4.78 is 6.22. The molecule has 1 saturated heterocycles. The van der Waals surface area contributed by atoms with E-state index in [1.807, 2.05) is 24.3 Å². The van der Waals surface area contributed by atoms with Crippen molar-refractivity contribution < 1.29 is 19.4 Å². The van der Waals surface area contributed by atoms with Gasteiger partial charge in [0.25, 0.3) is 0 Å². The summed E-state index contributed by atoms with van der Waals surface area (Å²) in [6, 6.07) is 14.2. The summed E-state index contributed by atoms with van der Waals surface area (Å²) in [4.78, 5) is 28.8. The van der Waals surface area contributed by atoms with Crippen LogP contribution in [0.1, 0.15) is 17.5 Å². The highest BCUT2D eigenvalue weighted by molar-refractivity contribution is 6.31. The Kier molecular flexibility index (Phi) is 6.23. The minimum atomic E-state index is -0.735. The van der Waals surface area contributed by atoms with E-state index in [4.69, 9.17) is 27.9 Å². The van der Waals surface area contributed by atoms with Crippen molar-refractivity contribution in [2.24, 2.45) is 5.92 Å². The van der Waals surface area contributed by atoms with E-state index in [9.17, 15) is 14.7 Å². The van der Waals surface area contributed by atoms with Gasteiger partial charge in [-0.2, -0.15) is 0 Å². The molecule has 2 heterocycles. The number of benzene rings is 2. The summed E-state index contributed by atoms with van der Waals surface area (Å²) >= 11 is 12.2. The Morgan fingerprint density at radius 1 is 1.06 bits per heavy atom. The first-order valence-electron chi connectivity index (χ1n) is 10.00. The van der Waals surface area contributed by atoms with E-state index in [0.29, 0.717) is 28.6 Å². The second-order valence-electron chi connectivity index (χ2n) is 7.61. The zero-order valence-corrected chi connectivity index (χ0v) is 18.4. The van der Waals surface area contributed by atoms with Gasteiger partial charge in [-0.05, 0) is 48.2 Å². The third kappa shape index (κ3) is 4.15. The van der Waals surface area contributed by atoms with Crippen molar-refractivity contribution in [3.8, 4) is 0 Å². The molecule has 8 heteroatoms. The van der Waals surface area contributed by atoms with E-state index in [1.54, 1.807) is 31.3 Å². The average molecular weight is 461 g/mol. The second-order valence-corrected chi connectivity index (χ2v) is 8.49. The number of aliphatic hydroxyl groups is 1. The molecular formula is C23H22Cl2N2O4.